The number of nitrogens with zero attached hydrogens (tertiary/aromatic N) is 1. The van der Waals surface area contributed by atoms with Crippen molar-refractivity contribution in [3.63, 3.8) is 0 Å². The van der Waals surface area contributed by atoms with Gasteiger partial charge in [-0.25, -0.2) is 8.42 Å². The van der Waals surface area contributed by atoms with Crippen LogP contribution in [0.15, 0.2) is 47.4 Å². The number of carbonyl (C=O) groups is 1. The van der Waals surface area contributed by atoms with Crippen LogP contribution in [0, 0.1) is 0 Å². The third-order valence-electron chi connectivity index (χ3n) is 4.55. The normalized spacial score (nSPS) is 20.0. The Bertz CT molecular complexity index is 1010. The number of halogens is 2. The van der Waals surface area contributed by atoms with Crippen molar-refractivity contribution in [3.8, 4) is 0 Å². The van der Waals surface area contributed by atoms with Gasteiger partial charge in [0.25, 0.3) is 0 Å². The summed E-state index contributed by atoms with van der Waals surface area (Å²) >= 11 is 12.0. The van der Waals surface area contributed by atoms with Crippen molar-refractivity contribution < 1.29 is 17.9 Å². The van der Waals surface area contributed by atoms with Gasteiger partial charge in [0.2, 0.25) is 15.9 Å². The Balaban J connectivity index is 1.61. The summed E-state index contributed by atoms with van der Waals surface area (Å²) in [5.41, 5.74) is 1.04. The van der Waals surface area contributed by atoms with Crippen LogP contribution in [0.2, 0.25) is 10.0 Å². The predicted molar refractivity (Wildman–Crippen MR) is 119 cm³/mol. The first-order valence-corrected chi connectivity index (χ1v) is 11.6. The molecule has 3 rings (SSSR count). The van der Waals surface area contributed by atoms with Gasteiger partial charge in [-0.05, 0) is 50.2 Å². The minimum Gasteiger partial charge on any atom is -0.375 e. The highest BCUT2D eigenvalue weighted by Crippen LogP contribution is 2.29. The van der Waals surface area contributed by atoms with Crippen LogP contribution in [0.1, 0.15) is 13.8 Å². The minimum atomic E-state index is -3.63. The molecule has 2 aromatic rings. The second-order valence-electron chi connectivity index (χ2n) is 7.11. The predicted octanol–water partition coefficient (Wildman–Crippen LogP) is 3.84. The van der Waals surface area contributed by atoms with Crippen LogP contribution in [-0.4, -0.2) is 50.5 Å². The minimum absolute atomic E-state index is 0.0241. The molecular weight excluding hydrogens is 449 g/mol. The fourth-order valence-corrected chi connectivity index (χ4v) is 5.17. The maximum atomic E-state index is 12.9. The summed E-state index contributed by atoms with van der Waals surface area (Å²) in [6.45, 7) is 4.29. The van der Waals surface area contributed by atoms with Crippen LogP contribution in [0.25, 0.3) is 0 Å². The molecule has 2 atom stereocenters. The van der Waals surface area contributed by atoms with Crippen molar-refractivity contribution >= 4 is 50.5 Å². The first-order valence-electron chi connectivity index (χ1n) is 9.40. The van der Waals surface area contributed by atoms with Crippen LogP contribution in [0.4, 0.5) is 11.4 Å². The molecule has 1 heterocycles. The SMILES string of the molecule is CC1CN(S(=O)(=O)c2ccc(NC(=O)CNc3cccc(Cl)c3Cl)cc2)CC(C)O1. The molecule has 1 amide bonds. The van der Waals surface area contributed by atoms with E-state index in [0.29, 0.717) is 34.5 Å². The maximum absolute atomic E-state index is 12.9. The zero-order valence-electron chi connectivity index (χ0n) is 16.6. The fourth-order valence-electron chi connectivity index (χ4n) is 3.21. The molecule has 7 nitrogen and oxygen atoms in total. The number of nitrogens with one attached hydrogen (secondary N) is 2. The molecule has 2 unspecified atom stereocenters. The van der Waals surface area contributed by atoms with Gasteiger partial charge in [0.1, 0.15) is 0 Å². The molecule has 0 aromatic heterocycles. The van der Waals surface area contributed by atoms with Crippen LogP contribution in [-0.2, 0) is 19.6 Å². The lowest BCUT2D eigenvalue weighted by Gasteiger charge is -2.34. The van der Waals surface area contributed by atoms with Crippen LogP contribution in [0.3, 0.4) is 0 Å². The van der Waals surface area contributed by atoms with Crippen LogP contribution in [0.5, 0.6) is 0 Å². The third kappa shape index (κ3) is 5.44. The van der Waals surface area contributed by atoms with Gasteiger partial charge in [-0.3, -0.25) is 4.79 Å². The van der Waals surface area contributed by atoms with Gasteiger partial charge in [-0.1, -0.05) is 29.3 Å². The lowest BCUT2D eigenvalue weighted by Crippen LogP contribution is -2.48. The Morgan fingerprint density at radius 3 is 2.37 bits per heavy atom. The van der Waals surface area contributed by atoms with Crippen molar-refractivity contribution in [2.45, 2.75) is 31.0 Å². The van der Waals surface area contributed by atoms with Crippen LogP contribution >= 0.6 is 23.2 Å². The molecule has 0 aliphatic carbocycles. The van der Waals surface area contributed by atoms with Crippen molar-refractivity contribution in [2.75, 3.05) is 30.3 Å². The van der Waals surface area contributed by atoms with E-state index in [-0.39, 0.29) is 29.6 Å². The van der Waals surface area contributed by atoms with E-state index in [1.165, 1.54) is 16.4 Å². The molecule has 1 fully saturated rings. The monoisotopic (exact) mass is 471 g/mol. The van der Waals surface area contributed by atoms with E-state index in [9.17, 15) is 13.2 Å². The molecule has 0 spiro atoms. The van der Waals surface area contributed by atoms with Gasteiger partial charge >= 0.3 is 0 Å². The summed E-state index contributed by atoms with van der Waals surface area (Å²) in [7, 11) is -3.63. The van der Waals surface area contributed by atoms with E-state index in [1.54, 1.807) is 30.3 Å². The molecule has 0 bridgehead atoms. The molecule has 30 heavy (non-hydrogen) atoms. The lowest BCUT2D eigenvalue weighted by atomic mass is 10.3. The number of hydrogen-bond donors (Lipinski definition) is 2. The first kappa shape index (κ1) is 22.8. The van der Waals surface area contributed by atoms with Gasteiger partial charge in [0.05, 0.1) is 39.4 Å². The van der Waals surface area contributed by atoms with E-state index in [1.807, 2.05) is 13.8 Å². The Morgan fingerprint density at radius 2 is 1.73 bits per heavy atom. The molecule has 0 radical (unpaired) electrons. The second kappa shape index (κ2) is 9.53. The van der Waals surface area contributed by atoms with Gasteiger partial charge in [-0.15, -0.1) is 0 Å². The average molecular weight is 472 g/mol. The van der Waals surface area contributed by atoms with Crippen molar-refractivity contribution in [3.05, 3.63) is 52.5 Å². The molecule has 0 saturated carbocycles. The number of amides is 1. The van der Waals surface area contributed by atoms with E-state index < -0.39 is 10.0 Å². The molecule has 1 aliphatic heterocycles. The number of sulfonamides is 1. The Kier molecular flexibility index (Phi) is 7.26. The van der Waals surface area contributed by atoms with E-state index in [2.05, 4.69) is 10.6 Å². The summed E-state index contributed by atoms with van der Waals surface area (Å²) in [6.07, 6.45) is -0.329. The van der Waals surface area contributed by atoms with E-state index >= 15 is 0 Å². The zero-order valence-corrected chi connectivity index (χ0v) is 18.9. The fraction of sp³-hybridized carbons (Fsp3) is 0.350. The summed E-state index contributed by atoms with van der Waals surface area (Å²) in [6, 6.07) is 11.2. The van der Waals surface area contributed by atoms with Gasteiger partial charge in [0, 0.05) is 18.8 Å². The molecule has 2 aromatic carbocycles. The van der Waals surface area contributed by atoms with Gasteiger partial charge in [0.15, 0.2) is 0 Å². The largest absolute Gasteiger partial charge is 0.375 e. The topological polar surface area (TPSA) is 87.7 Å². The molecule has 10 heteroatoms. The Morgan fingerprint density at radius 1 is 1.10 bits per heavy atom. The summed E-state index contributed by atoms with van der Waals surface area (Å²) in [5.74, 6) is -0.308. The van der Waals surface area contributed by atoms with Gasteiger partial charge < -0.3 is 15.4 Å². The number of carbonyl (C=O) groups excluding carboxylic acids is 1. The quantitative estimate of drug-likeness (QED) is 0.667. The number of benzene rings is 2. The van der Waals surface area contributed by atoms with Crippen molar-refractivity contribution in [1.82, 2.24) is 4.31 Å². The third-order valence-corrected chi connectivity index (χ3v) is 7.22. The second-order valence-corrected chi connectivity index (χ2v) is 9.83. The first-order chi connectivity index (χ1) is 14.2. The Hall–Kier alpha value is -1.84. The molecule has 2 N–H and O–H groups in total. The highest BCUT2D eigenvalue weighted by Gasteiger charge is 2.32. The van der Waals surface area contributed by atoms with Gasteiger partial charge in [-0.2, -0.15) is 4.31 Å². The summed E-state index contributed by atoms with van der Waals surface area (Å²) < 4.78 is 32.8. The summed E-state index contributed by atoms with van der Waals surface area (Å²) in [4.78, 5) is 12.4. The number of ether oxygens (including phenoxy) is 1. The molecule has 1 saturated heterocycles. The highest BCUT2D eigenvalue weighted by atomic mass is 35.5. The zero-order chi connectivity index (χ0) is 21.9. The molecule has 1 aliphatic rings. The molecule has 162 valence electrons. The van der Waals surface area contributed by atoms with Crippen molar-refractivity contribution in [1.29, 1.82) is 0 Å². The number of morpholine rings is 1. The van der Waals surface area contributed by atoms with E-state index in [4.69, 9.17) is 27.9 Å². The Labute approximate surface area is 186 Å². The van der Waals surface area contributed by atoms with Crippen molar-refractivity contribution in [2.24, 2.45) is 0 Å². The smallest absolute Gasteiger partial charge is 0.243 e. The number of hydrogen-bond acceptors (Lipinski definition) is 5. The standard InChI is InChI=1S/C20H23Cl2N3O4S/c1-13-11-25(12-14(2)29-13)30(27,28)16-8-6-15(7-9-16)24-19(26)10-23-18-5-3-4-17(21)20(18)22/h3-9,13-14,23H,10-12H2,1-2H3,(H,24,26). The molecular formula is C20H23Cl2N3O4S. The highest BCUT2D eigenvalue weighted by molar-refractivity contribution is 7.89. The lowest BCUT2D eigenvalue weighted by molar-refractivity contribution is -0.114. The van der Waals surface area contributed by atoms with E-state index in [0.717, 1.165) is 0 Å². The maximum Gasteiger partial charge on any atom is 0.243 e. The number of rotatable bonds is 6. The van der Waals surface area contributed by atoms with Crippen LogP contribution < -0.4 is 10.6 Å². The number of anilines is 2. The average Bonchev–Trinajstić information content (AvgIpc) is 2.69. The summed E-state index contributed by atoms with van der Waals surface area (Å²) in [5, 5.41) is 6.36.